The summed E-state index contributed by atoms with van der Waals surface area (Å²) in [6, 6.07) is 9.85. The van der Waals surface area contributed by atoms with Gasteiger partial charge in [0.25, 0.3) is 0 Å². The number of Topliss-reactive ketones (excluding diaryl/α,β-unsaturated/α-hetero) is 1. The van der Waals surface area contributed by atoms with Gasteiger partial charge in [-0.15, -0.1) is 0 Å². The minimum absolute atomic E-state index is 0.0696. The minimum Gasteiger partial charge on any atom is -0.459 e. The summed E-state index contributed by atoms with van der Waals surface area (Å²) < 4.78 is 5.66. The second-order valence-corrected chi connectivity index (χ2v) is 8.80. The van der Waals surface area contributed by atoms with E-state index in [0.29, 0.717) is 0 Å². The molecule has 1 aliphatic rings. The largest absolute Gasteiger partial charge is 0.459 e. The van der Waals surface area contributed by atoms with E-state index in [-0.39, 0.29) is 15.4 Å². The van der Waals surface area contributed by atoms with Crippen molar-refractivity contribution >= 4 is 43.6 Å². The highest BCUT2D eigenvalue weighted by atomic mass is 79.9. The number of cyclic esters (lactones) is 1. The van der Waals surface area contributed by atoms with Crippen molar-refractivity contribution in [3.63, 3.8) is 0 Å². The number of carbonyl (C=O) groups excluding carboxylic acids is 2. The van der Waals surface area contributed by atoms with Crippen molar-refractivity contribution in [2.75, 3.05) is 0 Å². The molecule has 1 aliphatic heterocycles. The predicted molar refractivity (Wildman–Crippen MR) is 93.3 cm³/mol. The van der Waals surface area contributed by atoms with Crippen LogP contribution in [0.1, 0.15) is 38.1 Å². The summed E-state index contributed by atoms with van der Waals surface area (Å²) in [6.07, 6.45) is -0.537. The van der Waals surface area contributed by atoms with Crippen molar-refractivity contribution in [1.82, 2.24) is 0 Å². The monoisotopic (exact) mass is 430 g/mol. The summed E-state index contributed by atoms with van der Waals surface area (Å²) in [4.78, 5) is 24.6. The van der Waals surface area contributed by atoms with Gasteiger partial charge in [-0.05, 0) is 33.3 Å². The van der Waals surface area contributed by atoms with Crippen molar-refractivity contribution in [2.24, 2.45) is 10.8 Å². The van der Waals surface area contributed by atoms with Crippen LogP contribution in [0.3, 0.4) is 0 Å². The van der Waals surface area contributed by atoms with Crippen LogP contribution >= 0.6 is 31.9 Å². The molecule has 0 bridgehead atoms. The van der Waals surface area contributed by atoms with Crippen LogP contribution in [0.4, 0.5) is 0 Å². The van der Waals surface area contributed by atoms with E-state index >= 15 is 0 Å². The third-order valence-electron chi connectivity index (χ3n) is 4.30. The number of ketones is 1. The second kappa shape index (κ2) is 6.08. The molecule has 0 unspecified atom stereocenters. The van der Waals surface area contributed by atoms with Crippen LogP contribution in [0, 0.1) is 10.8 Å². The lowest BCUT2D eigenvalue weighted by molar-refractivity contribution is -0.185. The summed E-state index contributed by atoms with van der Waals surface area (Å²) in [7, 11) is 0. The van der Waals surface area contributed by atoms with Gasteiger partial charge in [0.15, 0.2) is 5.78 Å². The lowest BCUT2D eigenvalue weighted by Crippen LogP contribution is -2.58. The number of alkyl halides is 2. The Bertz CT molecular complexity index is 581. The average molecular weight is 432 g/mol. The topological polar surface area (TPSA) is 43.4 Å². The second-order valence-electron chi connectivity index (χ2n) is 6.76. The molecule has 3 nitrogen and oxygen atoms in total. The van der Waals surface area contributed by atoms with Crippen LogP contribution in [0.5, 0.6) is 0 Å². The zero-order valence-electron chi connectivity index (χ0n) is 13.1. The van der Waals surface area contributed by atoms with E-state index in [1.807, 2.05) is 44.2 Å². The molecule has 0 amide bonds. The molecule has 1 aromatic rings. The molecule has 0 aliphatic carbocycles. The molecule has 0 saturated carbocycles. The summed E-state index contributed by atoms with van der Waals surface area (Å²) in [5, 5.41) is 0. The number of rotatable bonds is 3. The van der Waals surface area contributed by atoms with Gasteiger partial charge in [-0.1, -0.05) is 62.2 Å². The minimum atomic E-state index is -1.10. The first-order valence-electron chi connectivity index (χ1n) is 7.19. The lowest BCUT2D eigenvalue weighted by atomic mass is 9.67. The fraction of sp³-hybridized carbons (Fsp3) is 0.529. The maximum Gasteiger partial charge on any atom is 0.319 e. The highest BCUT2D eigenvalue weighted by molar-refractivity contribution is 9.12. The van der Waals surface area contributed by atoms with E-state index in [2.05, 4.69) is 31.9 Å². The SMILES string of the molecule is CC1(C)C(=O)O[C@H]([C@H](Br)[C@@H](Br)c2ccccc2)C(C)(C)C1=O. The van der Waals surface area contributed by atoms with E-state index in [9.17, 15) is 9.59 Å². The Kier molecular flexibility index (Phi) is 4.88. The fourth-order valence-corrected chi connectivity index (χ4v) is 4.53. The molecular weight excluding hydrogens is 412 g/mol. The molecule has 5 heteroatoms. The van der Waals surface area contributed by atoms with Gasteiger partial charge in [-0.3, -0.25) is 9.59 Å². The van der Waals surface area contributed by atoms with Gasteiger partial charge < -0.3 is 4.74 Å². The van der Waals surface area contributed by atoms with Crippen LogP contribution < -0.4 is 0 Å². The number of esters is 1. The van der Waals surface area contributed by atoms with Gasteiger partial charge in [-0.25, -0.2) is 0 Å². The molecule has 120 valence electrons. The number of hydrogen-bond donors (Lipinski definition) is 0. The van der Waals surface area contributed by atoms with Gasteiger partial charge in [0.05, 0.1) is 15.1 Å². The predicted octanol–water partition coefficient (Wildman–Crippen LogP) is 4.43. The summed E-state index contributed by atoms with van der Waals surface area (Å²) in [6.45, 7) is 6.93. The molecule has 0 radical (unpaired) electrons. The Labute approximate surface area is 148 Å². The van der Waals surface area contributed by atoms with Crippen molar-refractivity contribution in [2.45, 2.75) is 43.5 Å². The van der Waals surface area contributed by atoms with E-state index in [1.165, 1.54) is 0 Å². The molecular formula is C17H20Br2O3. The van der Waals surface area contributed by atoms with Crippen molar-refractivity contribution in [3.8, 4) is 0 Å². The maximum absolute atomic E-state index is 12.7. The Morgan fingerprint density at radius 1 is 1.05 bits per heavy atom. The van der Waals surface area contributed by atoms with Crippen molar-refractivity contribution in [1.29, 1.82) is 0 Å². The van der Waals surface area contributed by atoms with Crippen LogP contribution in [0.2, 0.25) is 0 Å². The van der Waals surface area contributed by atoms with Gasteiger partial charge in [-0.2, -0.15) is 0 Å². The lowest BCUT2D eigenvalue weighted by Gasteiger charge is -2.45. The number of carbonyl (C=O) groups is 2. The zero-order chi connectivity index (χ0) is 16.7. The summed E-state index contributed by atoms with van der Waals surface area (Å²) >= 11 is 7.29. The number of benzene rings is 1. The summed E-state index contributed by atoms with van der Waals surface area (Å²) in [5.74, 6) is -0.544. The molecule has 0 aromatic heterocycles. The molecule has 1 heterocycles. The average Bonchev–Trinajstić information content (AvgIpc) is 2.49. The van der Waals surface area contributed by atoms with Crippen LogP contribution in [0.15, 0.2) is 30.3 Å². The third kappa shape index (κ3) is 2.90. The van der Waals surface area contributed by atoms with Gasteiger partial charge >= 0.3 is 5.97 Å². The van der Waals surface area contributed by atoms with Gasteiger partial charge in [0.1, 0.15) is 11.5 Å². The number of ether oxygens (including phenoxy) is 1. The molecule has 1 fully saturated rings. The fourth-order valence-electron chi connectivity index (χ4n) is 2.87. The Balaban J connectivity index is 2.31. The molecule has 22 heavy (non-hydrogen) atoms. The molecule has 1 saturated heterocycles. The Hall–Kier alpha value is -0.680. The highest BCUT2D eigenvalue weighted by Crippen LogP contribution is 2.46. The molecule has 2 rings (SSSR count). The number of hydrogen-bond acceptors (Lipinski definition) is 3. The molecule has 1 aromatic carbocycles. The first kappa shape index (κ1) is 17.7. The van der Waals surface area contributed by atoms with E-state index in [0.717, 1.165) is 5.56 Å². The normalized spacial score (nSPS) is 26.2. The number of halogens is 2. The third-order valence-corrected chi connectivity index (χ3v) is 7.11. The Morgan fingerprint density at radius 2 is 1.59 bits per heavy atom. The molecule has 0 N–H and O–H groups in total. The zero-order valence-corrected chi connectivity index (χ0v) is 16.3. The van der Waals surface area contributed by atoms with E-state index in [1.54, 1.807) is 13.8 Å². The molecule has 3 atom stereocenters. The summed E-state index contributed by atoms with van der Waals surface area (Å²) in [5.41, 5.74) is -0.790. The van der Waals surface area contributed by atoms with Gasteiger partial charge in [0, 0.05) is 0 Å². The van der Waals surface area contributed by atoms with Crippen molar-refractivity contribution in [3.05, 3.63) is 35.9 Å². The van der Waals surface area contributed by atoms with E-state index in [4.69, 9.17) is 4.74 Å². The highest BCUT2D eigenvalue weighted by Gasteiger charge is 2.57. The van der Waals surface area contributed by atoms with E-state index < -0.39 is 22.9 Å². The van der Waals surface area contributed by atoms with Crippen LogP contribution in [-0.4, -0.2) is 22.7 Å². The smallest absolute Gasteiger partial charge is 0.319 e. The first-order chi connectivity index (χ1) is 10.1. The van der Waals surface area contributed by atoms with Crippen LogP contribution in [0.25, 0.3) is 0 Å². The standard InChI is InChI=1S/C17H20Br2O3/c1-16(2)13(22-15(21)17(3,4)14(16)20)12(19)11(18)10-8-6-5-7-9-10/h5-9,11-13H,1-4H3/t11-,12+,13+/m0/s1. The van der Waals surface area contributed by atoms with Crippen molar-refractivity contribution < 1.29 is 14.3 Å². The van der Waals surface area contributed by atoms with Gasteiger partial charge in [0.2, 0.25) is 0 Å². The molecule has 0 spiro atoms. The van der Waals surface area contributed by atoms with Crippen LogP contribution in [-0.2, 0) is 14.3 Å². The Morgan fingerprint density at radius 3 is 2.14 bits per heavy atom. The maximum atomic E-state index is 12.7. The quantitative estimate of drug-likeness (QED) is 0.403. The first-order valence-corrected chi connectivity index (χ1v) is 9.02.